The standard InChI is InChI=1S/C19H42N2.C6H10O2/c1-4-5-6-7-8-9-10-11-12-13-14-15-17-20-18-16-19-21(2)3;7-6-4-2-1-3-5-8-6/h20H,4-19H2,1-3H3;1-5H2. The normalized spacial score (nSPS) is 14.3. The van der Waals surface area contributed by atoms with Crippen molar-refractivity contribution in [1.82, 2.24) is 10.2 Å². The summed E-state index contributed by atoms with van der Waals surface area (Å²) in [5.74, 6) is -0.0255. The predicted molar refractivity (Wildman–Crippen MR) is 127 cm³/mol. The van der Waals surface area contributed by atoms with Gasteiger partial charge in [-0.15, -0.1) is 0 Å². The minimum atomic E-state index is -0.0255. The van der Waals surface area contributed by atoms with Crippen molar-refractivity contribution in [3.8, 4) is 0 Å². The van der Waals surface area contributed by atoms with Gasteiger partial charge in [0.15, 0.2) is 0 Å². The zero-order valence-corrected chi connectivity index (χ0v) is 20.1. The van der Waals surface area contributed by atoms with E-state index in [2.05, 4.69) is 31.2 Å². The summed E-state index contributed by atoms with van der Waals surface area (Å²) in [5, 5.41) is 3.55. The molecule has 1 fully saturated rings. The number of nitrogens with one attached hydrogen (secondary N) is 1. The van der Waals surface area contributed by atoms with Crippen molar-refractivity contribution in [3.05, 3.63) is 0 Å². The summed E-state index contributed by atoms with van der Waals surface area (Å²) in [6, 6.07) is 0. The topological polar surface area (TPSA) is 41.6 Å². The Balaban J connectivity index is 0.000000807. The Labute approximate surface area is 182 Å². The van der Waals surface area contributed by atoms with Crippen molar-refractivity contribution in [1.29, 1.82) is 0 Å². The van der Waals surface area contributed by atoms with Crippen molar-refractivity contribution in [3.63, 3.8) is 0 Å². The summed E-state index contributed by atoms with van der Waals surface area (Å²) in [6.45, 7) is 6.52. The Morgan fingerprint density at radius 1 is 0.759 bits per heavy atom. The fourth-order valence-electron chi connectivity index (χ4n) is 3.54. The van der Waals surface area contributed by atoms with Gasteiger partial charge >= 0.3 is 5.97 Å². The van der Waals surface area contributed by atoms with Crippen LogP contribution in [0, 0.1) is 0 Å². The molecule has 4 heteroatoms. The maximum Gasteiger partial charge on any atom is 0.305 e. The van der Waals surface area contributed by atoms with Crippen LogP contribution in [0.2, 0.25) is 0 Å². The number of hydrogen-bond donors (Lipinski definition) is 1. The van der Waals surface area contributed by atoms with Crippen LogP contribution in [-0.4, -0.2) is 51.2 Å². The Hall–Kier alpha value is -0.610. The highest BCUT2D eigenvalue weighted by Crippen LogP contribution is 2.11. The molecule has 0 bridgehead atoms. The summed E-state index contributed by atoms with van der Waals surface area (Å²) in [6.07, 6.45) is 22.4. The van der Waals surface area contributed by atoms with E-state index in [1.54, 1.807) is 0 Å². The van der Waals surface area contributed by atoms with Gasteiger partial charge in [-0.1, -0.05) is 77.6 Å². The van der Waals surface area contributed by atoms with Gasteiger partial charge in [-0.25, -0.2) is 0 Å². The maximum atomic E-state index is 10.5. The van der Waals surface area contributed by atoms with Crippen LogP contribution in [0.3, 0.4) is 0 Å². The number of carbonyl (C=O) groups is 1. The average molecular weight is 413 g/mol. The molecule has 4 nitrogen and oxygen atoms in total. The Morgan fingerprint density at radius 3 is 1.90 bits per heavy atom. The number of esters is 1. The monoisotopic (exact) mass is 412 g/mol. The van der Waals surface area contributed by atoms with Crippen LogP contribution in [0.15, 0.2) is 0 Å². The molecule has 1 N–H and O–H groups in total. The van der Waals surface area contributed by atoms with E-state index in [4.69, 9.17) is 4.74 Å². The Kier molecular flexibility index (Phi) is 23.2. The summed E-state index contributed by atoms with van der Waals surface area (Å²) < 4.78 is 4.76. The molecule has 1 aliphatic heterocycles. The number of unbranched alkanes of at least 4 members (excludes halogenated alkanes) is 11. The zero-order chi connectivity index (χ0) is 21.4. The minimum absolute atomic E-state index is 0.0255. The van der Waals surface area contributed by atoms with Gasteiger partial charge in [-0.2, -0.15) is 0 Å². The van der Waals surface area contributed by atoms with E-state index in [1.807, 2.05) is 0 Å². The number of hydrogen-bond acceptors (Lipinski definition) is 4. The highest BCUT2D eigenvalue weighted by molar-refractivity contribution is 5.69. The summed E-state index contributed by atoms with van der Waals surface area (Å²) >= 11 is 0. The fraction of sp³-hybridized carbons (Fsp3) is 0.960. The molecular weight excluding hydrogens is 360 g/mol. The molecule has 0 amide bonds. The van der Waals surface area contributed by atoms with Crippen LogP contribution in [-0.2, 0) is 9.53 Å². The molecule has 0 aromatic carbocycles. The van der Waals surface area contributed by atoms with Gasteiger partial charge in [-0.3, -0.25) is 4.79 Å². The number of cyclic esters (lactones) is 1. The van der Waals surface area contributed by atoms with Crippen molar-refractivity contribution < 1.29 is 9.53 Å². The lowest BCUT2D eigenvalue weighted by molar-refractivity contribution is -0.142. The molecule has 0 spiro atoms. The molecule has 1 saturated heterocycles. The molecule has 1 aliphatic rings. The molecule has 0 radical (unpaired) electrons. The minimum Gasteiger partial charge on any atom is -0.466 e. The lowest BCUT2D eigenvalue weighted by atomic mass is 10.1. The SMILES string of the molecule is CCCCCCCCCCCCCCNCCCN(C)C.O=C1CCCCCO1. The molecule has 29 heavy (non-hydrogen) atoms. The van der Waals surface area contributed by atoms with Crippen LogP contribution in [0.1, 0.15) is 116 Å². The van der Waals surface area contributed by atoms with E-state index in [0.717, 1.165) is 19.3 Å². The summed E-state index contributed by atoms with van der Waals surface area (Å²) in [7, 11) is 4.29. The van der Waals surface area contributed by atoms with Crippen molar-refractivity contribution in [2.75, 3.05) is 40.3 Å². The van der Waals surface area contributed by atoms with Gasteiger partial charge in [0.25, 0.3) is 0 Å². The first-order valence-corrected chi connectivity index (χ1v) is 12.7. The Bertz CT molecular complexity index is 325. The second-order valence-electron chi connectivity index (χ2n) is 8.83. The molecule has 0 aromatic heterocycles. The molecule has 0 aromatic rings. The number of ether oxygens (including phenoxy) is 1. The van der Waals surface area contributed by atoms with Gasteiger partial charge < -0.3 is 15.0 Å². The third-order valence-corrected chi connectivity index (χ3v) is 5.45. The fourth-order valence-corrected chi connectivity index (χ4v) is 3.54. The van der Waals surface area contributed by atoms with E-state index < -0.39 is 0 Å². The number of nitrogens with zero attached hydrogens (tertiary/aromatic N) is 1. The van der Waals surface area contributed by atoms with E-state index >= 15 is 0 Å². The van der Waals surface area contributed by atoms with Crippen molar-refractivity contribution in [2.24, 2.45) is 0 Å². The average Bonchev–Trinajstić information content (AvgIpc) is 2.95. The summed E-state index contributed by atoms with van der Waals surface area (Å²) in [5.41, 5.74) is 0. The first-order valence-electron chi connectivity index (χ1n) is 12.7. The van der Waals surface area contributed by atoms with Crippen LogP contribution >= 0.6 is 0 Å². The maximum absolute atomic E-state index is 10.5. The molecule has 1 rings (SSSR count). The van der Waals surface area contributed by atoms with Gasteiger partial charge in [0.2, 0.25) is 0 Å². The highest BCUT2D eigenvalue weighted by atomic mass is 16.5. The molecular formula is C25H52N2O2. The molecule has 0 atom stereocenters. The molecule has 1 heterocycles. The highest BCUT2D eigenvalue weighted by Gasteiger charge is 2.05. The van der Waals surface area contributed by atoms with Gasteiger partial charge in [0, 0.05) is 6.42 Å². The van der Waals surface area contributed by atoms with Crippen molar-refractivity contribution >= 4 is 5.97 Å². The van der Waals surface area contributed by atoms with Crippen LogP contribution in [0.5, 0.6) is 0 Å². The van der Waals surface area contributed by atoms with E-state index in [-0.39, 0.29) is 5.97 Å². The third-order valence-electron chi connectivity index (χ3n) is 5.45. The molecule has 0 aliphatic carbocycles. The predicted octanol–water partition coefficient (Wildman–Crippen LogP) is 6.33. The first-order chi connectivity index (χ1) is 14.2. The second kappa shape index (κ2) is 23.7. The van der Waals surface area contributed by atoms with Crippen LogP contribution in [0.4, 0.5) is 0 Å². The van der Waals surface area contributed by atoms with E-state index in [1.165, 1.54) is 103 Å². The van der Waals surface area contributed by atoms with E-state index in [0.29, 0.717) is 13.0 Å². The van der Waals surface area contributed by atoms with Crippen molar-refractivity contribution in [2.45, 2.75) is 116 Å². The smallest absolute Gasteiger partial charge is 0.305 e. The van der Waals surface area contributed by atoms with Crippen LogP contribution in [0.25, 0.3) is 0 Å². The third kappa shape index (κ3) is 25.4. The largest absolute Gasteiger partial charge is 0.466 e. The van der Waals surface area contributed by atoms with E-state index in [9.17, 15) is 4.79 Å². The number of carbonyl (C=O) groups excluding carboxylic acids is 1. The zero-order valence-electron chi connectivity index (χ0n) is 20.1. The van der Waals surface area contributed by atoms with Gasteiger partial charge in [0.1, 0.15) is 0 Å². The first kappa shape index (κ1) is 28.4. The second-order valence-corrected chi connectivity index (χ2v) is 8.83. The van der Waals surface area contributed by atoms with Crippen LogP contribution < -0.4 is 5.32 Å². The Morgan fingerprint density at radius 2 is 1.31 bits per heavy atom. The van der Waals surface area contributed by atoms with Gasteiger partial charge in [-0.05, 0) is 65.8 Å². The molecule has 174 valence electrons. The molecule has 0 unspecified atom stereocenters. The lowest BCUT2D eigenvalue weighted by Crippen LogP contribution is -2.22. The molecule has 0 saturated carbocycles. The van der Waals surface area contributed by atoms with Gasteiger partial charge in [0.05, 0.1) is 6.61 Å². The number of rotatable bonds is 17. The quantitative estimate of drug-likeness (QED) is 0.224. The lowest BCUT2D eigenvalue weighted by Gasteiger charge is -2.09. The summed E-state index contributed by atoms with van der Waals surface area (Å²) in [4.78, 5) is 12.7.